The second-order valence-electron chi connectivity index (χ2n) is 5.30. The first-order valence-corrected chi connectivity index (χ1v) is 8.75. The Morgan fingerprint density at radius 3 is 2.25 bits per heavy atom. The van der Waals surface area contributed by atoms with Gasteiger partial charge < -0.3 is 5.11 Å². The smallest absolute Gasteiger partial charge is 0.243 e. The van der Waals surface area contributed by atoms with Gasteiger partial charge in [0.05, 0.1) is 11.5 Å². The van der Waals surface area contributed by atoms with Gasteiger partial charge in [0.15, 0.2) is 0 Å². The molecule has 1 aromatic rings. The zero-order chi connectivity index (χ0) is 14.6. The lowest BCUT2D eigenvalue weighted by Crippen LogP contribution is -2.41. The van der Waals surface area contributed by atoms with Crippen molar-refractivity contribution in [2.75, 3.05) is 6.54 Å². The van der Waals surface area contributed by atoms with E-state index in [2.05, 4.69) is 0 Å². The van der Waals surface area contributed by atoms with Gasteiger partial charge in [-0.25, -0.2) is 8.42 Å². The van der Waals surface area contributed by atoms with Gasteiger partial charge in [0.1, 0.15) is 0 Å². The van der Waals surface area contributed by atoms with Gasteiger partial charge in [-0.2, -0.15) is 4.31 Å². The Labute approximate surface area is 121 Å². The van der Waals surface area contributed by atoms with Crippen LogP contribution in [0.25, 0.3) is 0 Å². The van der Waals surface area contributed by atoms with Crippen molar-refractivity contribution in [3.63, 3.8) is 0 Å². The maximum Gasteiger partial charge on any atom is 0.243 e. The monoisotopic (exact) mass is 297 g/mol. The molecule has 4 nitrogen and oxygen atoms in total. The van der Waals surface area contributed by atoms with E-state index >= 15 is 0 Å². The molecule has 0 saturated heterocycles. The largest absolute Gasteiger partial charge is 0.392 e. The molecule has 1 fully saturated rings. The van der Waals surface area contributed by atoms with Crippen LogP contribution in [0.3, 0.4) is 0 Å². The van der Waals surface area contributed by atoms with Crippen molar-refractivity contribution >= 4 is 10.0 Å². The van der Waals surface area contributed by atoms with Crippen LogP contribution < -0.4 is 0 Å². The topological polar surface area (TPSA) is 57.6 Å². The lowest BCUT2D eigenvalue weighted by atomic mass is 9.95. The van der Waals surface area contributed by atoms with Crippen molar-refractivity contribution in [2.24, 2.45) is 0 Å². The second kappa shape index (κ2) is 6.70. The van der Waals surface area contributed by atoms with Gasteiger partial charge in [-0.05, 0) is 30.5 Å². The minimum Gasteiger partial charge on any atom is -0.392 e. The molecule has 0 heterocycles. The number of hydrogen-bond acceptors (Lipinski definition) is 3. The number of aliphatic hydroxyl groups is 1. The molecule has 0 radical (unpaired) electrons. The van der Waals surface area contributed by atoms with E-state index in [1.807, 2.05) is 6.92 Å². The highest BCUT2D eigenvalue weighted by atomic mass is 32.2. The molecule has 1 N–H and O–H groups in total. The minimum absolute atomic E-state index is 0.0690. The maximum atomic E-state index is 12.7. The summed E-state index contributed by atoms with van der Waals surface area (Å²) in [5.41, 5.74) is 0.727. The van der Waals surface area contributed by atoms with Crippen LogP contribution in [0.1, 0.15) is 44.6 Å². The number of benzene rings is 1. The summed E-state index contributed by atoms with van der Waals surface area (Å²) in [4.78, 5) is 0.321. The highest BCUT2D eigenvalue weighted by Crippen LogP contribution is 2.27. The van der Waals surface area contributed by atoms with E-state index in [1.165, 1.54) is 6.42 Å². The summed E-state index contributed by atoms with van der Waals surface area (Å²) in [6.07, 6.45) is 5.35. The third kappa shape index (κ3) is 3.22. The molecule has 1 aromatic carbocycles. The number of nitrogens with zero attached hydrogens (tertiary/aromatic N) is 1. The Kier molecular flexibility index (Phi) is 5.18. The van der Waals surface area contributed by atoms with Crippen LogP contribution in [-0.4, -0.2) is 30.4 Å². The summed E-state index contributed by atoms with van der Waals surface area (Å²) < 4.78 is 27.1. The lowest BCUT2D eigenvalue weighted by Gasteiger charge is -2.32. The van der Waals surface area contributed by atoms with Gasteiger partial charge in [0, 0.05) is 12.6 Å². The van der Waals surface area contributed by atoms with Crippen molar-refractivity contribution in [1.29, 1.82) is 0 Å². The predicted molar refractivity (Wildman–Crippen MR) is 78.8 cm³/mol. The van der Waals surface area contributed by atoms with Crippen LogP contribution in [0.5, 0.6) is 0 Å². The molecule has 2 rings (SSSR count). The molecule has 1 saturated carbocycles. The molecule has 0 atom stereocenters. The number of aliphatic hydroxyl groups excluding tert-OH is 1. The SMILES string of the molecule is CCN(C1CCCCC1)S(=O)(=O)c1ccc(CO)cc1. The van der Waals surface area contributed by atoms with Crippen LogP contribution in [0, 0.1) is 0 Å². The number of rotatable bonds is 5. The molecule has 1 aliphatic rings. The first-order valence-electron chi connectivity index (χ1n) is 7.31. The van der Waals surface area contributed by atoms with Crippen molar-refractivity contribution in [1.82, 2.24) is 4.31 Å². The van der Waals surface area contributed by atoms with Crippen molar-refractivity contribution in [3.05, 3.63) is 29.8 Å². The van der Waals surface area contributed by atoms with E-state index in [0.717, 1.165) is 31.2 Å². The zero-order valence-electron chi connectivity index (χ0n) is 12.0. The highest BCUT2D eigenvalue weighted by molar-refractivity contribution is 7.89. The van der Waals surface area contributed by atoms with Crippen LogP contribution in [0.4, 0.5) is 0 Å². The summed E-state index contributed by atoms with van der Waals surface area (Å²) in [6.45, 7) is 2.34. The molecule has 112 valence electrons. The molecule has 0 bridgehead atoms. The van der Waals surface area contributed by atoms with Gasteiger partial charge in [-0.1, -0.05) is 38.3 Å². The van der Waals surface area contributed by atoms with Crippen LogP contribution in [0.15, 0.2) is 29.2 Å². The summed E-state index contributed by atoms with van der Waals surface area (Å²) in [7, 11) is -3.42. The van der Waals surface area contributed by atoms with E-state index in [9.17, 15) is 8.42 Å². The van der Waals surface area contributed by atoms with E-state index in [4.69, 9.17) is 5.11 Å². The Hall–Kier alpha value is -0.910. The number of sulfonamides is 1. The van der Waals surface area contributed by atoms with Crippen LogP contribution in [0.2, 0.25) is 0 Å². The molecule has 0 amide bonds. The van der Waals surface area contributed by atoms with Crippen molar-refractivity contribution in [2.45, 2.75) is 56.6 Å². The lowest BCUT2D eigenvalue weighted by molar-refractivity contribution is 0.261. The molecular weight excluding hydrogens is 274 g/mol. The standard InChI is InChI=1S/C15H23NO3S/c1-2-16(14-6-4-3-5-7-14)20(18,19)15-10-8-13(12-17)9-11-15/h8-11,14,17H,2-7,12H2,1H3. The fourth-order valence-electron chi connectivity index (χ4n) is 2.90. The normalized spacial score (nSPS) is 17.6. The van der Waals surface area contributed by atoms with E-state index in [-0.39, 0.29) is 12.6 Å². The van der Waals surface area contributed by atoms with E-state index in [0.29, 0.717) is 11.4 Å². The highest BCUT2D eigenvalue weighted by Gasteiger charge is 2.30. The third-order valence-electron chi connectivity index (χ3n) is 4.01. The second-order valence-corrected chi connectivity index (χ2v) is 7.19. The van der Waals surface area contributed by atoms with Crippen molar-refractivity contribution in [3.8, 4) is 0 Å². The summed E-state index contributed by atoms with van der Waals surface area (Å²) >= 11 is 0. The van der Waals surface area contributed by atoms with Gasteiger partial charge in [-0.3, -0.25) is 0 Å². The molecule has 20 heavy (non-hydrogen) atoms. The van der Waals surface area contributed by atoms with Gasteiger partial charge in [0.2, 0.25) is 10.0 Å². The summed E-state index contributed by atoms with van der Waals surface area (Å²) in [6, 6.07) is 6.65. The van der Waals surface area contributed by atoms with Gasteiger partial charge in [0.25, 0.3) is 0 Å². The molecule has 0 aliphatic heterocycles. The first kappa shape index (κ1) is 15.5. The summed E-state index contributed by atoms with van der Waals surface area (Å²) in [5, 5.41) is 9.03. The first-order chi connectivity index (χ1) is 9.59. The zero-order valence-corrected chi connectivity index (χ0v) is 12.8. The average molecular weight is 297 g/mol. The fourth-order valence-corrected chi connectivity index (χ4v) is 4.59. The van der Waals surface area contributed by atoms with E-state index < -0.39 is 10.0 Å². The summed E-state index contributed by atoms with van der Waals surface area (Å²) in [5.74, 6) is 0. The fraction of sp³-hybridized carbons (Fsp3) is 0.600. The molecule has 0 unspecified atom stereocenters. The van der Waals surface area contributed by atoms with Gasteiger partial charge in [-0.15, -0.1) is 0 Å². The molecular formula is C15H23NO3S. The Morgan fingerprint density at radius 2 is 1.75 bits per heavy atom. The third-order valence-corrected chi connectivity index (χ3v) is 6.05. The molecule has 1 aliphatic carbocycles. The Bertz CT molecular complexity index is 519. The quantitative estimate of drug-likeness (QED) is 0.908. The Morgan fingerprint density at radius 1 is 1.15 bits per heavy atom. The Balaban J connectivity index is 2.25. The molecule has 5 heteroatoms. The number of hydrogen-bond donors (Lipinski definition) is 1. The maximum absolute atomic E-state index is 12.7. The van der Waals surface area contributed by atoms with Crippen molar-refractivity contribution < 1.29 is 13.5 Å². The molecule has 0 aromatic heterocycles. The van der Waals surface area contributed by atoms with E-state index in [1.54, 1.807) is 28.6 Å². The predicted octanol–water partition coefficient (Wildman–Crippen LogP) is 2.52. The molecule has 0 spiro atoms. The van der Waals surface area contributed by atoms with Gasteiger partial charge >= 0.3 is 0 Å². The van der Waals surface area contributed by atoms with Crippen LogP contribution in [-0.2, 0) is 16.6 Å². The van der Waals surface area contributed by atoms with Crippen LogP contribution >= 0.6 is 0 Å². The minimum atomic E-state index is -3.42. The average Bonchev–Trinajstić information content (AvgIpc) is 2.49.